The summed E-state index contributed by atoms with van der Waals surface area (Å²) in [5.74, 6) is -1.91. The lowest BCUT2D eigenvalue weighted by atomic mass is 9.90. The molecule has 2 aliphatic rings. The second-order valence-corrected chi connectivity index (χ2v) is 15.6. The first kappa shape index (κ1) is 32.9. The zero-order valence-electron chi connectivity index (χ0n) is 25.1. The average molecular weight is 657 g/mol. The molecule has 0 N–H and O–H groups in total. The highest BCUT2D eigenvalue weighted by Gasteiger charge is 2.34. The lowest BCUT2D eigenvalue weighted by Crippen LogP contribution is -2.38. The van der Waals surface area contributed by atoms with E-state index in [1.54, 1.807) is 24.3 Å². The van der Waals surface area contributed by atoms with Crippen molar-refractivity contribution in [1.29, 1.82) is 0 Å². The van der Waals surface area contributed by atoms with Gasteiger partial charge in [-0.1, -0.05) is 55.0 Å². The molecule has 0 amide bonds. The number of hydrogen-bond donors (Lipinski definition) is 0. The Morgan fingerprint density at radius 2 is 1.42 bits per heavy atom. The molecular weight excluding hydrogens is 620 g/mol. The maximum atomic E-state index is 13.4. The van der Waals surface area contributed by atoms with Gasteiger partial charge in [-0.3, -0.25) is 9.59 Å². The molecule has 12 heteroatoms. The molecule has 5 rings (SSSR count). The minimum atomic E-state index is -3.88. The number of benzene rings is 3. The maximum absolute atomic E-state index is 13.4. The first-order valence-electron chi connectivity index (χ1n) is 15.0. The second-order valence-electron chi connectivity index (χ2n) is 11.7. The van der Waals surface area contributed by atoms with Gasteiger partial charge in [0.1, 0.15) is 5.82 Å². The van der Waals surface area contributed by atoms with Crippen molar-refractivity contribution in [2.75, 3.05) is 25.9 Å². The predicted molar refractivity (Wildman–Crippen MR) is 167 cm³/mol. The summed E-state index contributed by atoms with van der Waals surface area (Å²) in [4.78, 5) is 25.4. The smallest absolute Gasteiger partial charge is 0.317 e. The van der Waals surface area contributed by atoms with Crippen LogP contribution in [0.15, 0.2) is 77.7 Å². The van der Waals surface area contributed by atoms with E-state index >= 15 is 0 Å². The minimum Gasteiger partial charge on any atom is -0.393 e. The van der Waals surface area contributed by atoms with Crippen molar-refractivity contribution in [2.24, 2.45) is 0 Å². The second kappa shape index (κ2) is 13.9. The third-order valence-electron chi connectivity index (χ3n) is 8.41. The molecule has 0 aromatic heterocycles. The van der Waals surface area contributed by atoms with Crippen molar-refractivity contribution >= 4 is 32.0 Å². The number of sulfonamides is 2. The highest BCUT2D eigenvalue weighted by Crippen LogP contribution is 2.36. The van der Waals surface area contributed by atoms with Gasteiger partial charge in [-0.05, 0) is 78.1 Å². The van der Waals surface area contributed by atoms with E-state index in [0.717, 1.165) is 42.5 Å². The van der Waals surface area contributed by atoms with E-state index in [-0.39, 0.29) is 23.7 Å². The molecule has 3 aromatic rings. The Labute approximate surface area is 264 Å². The third-order valence-corrected chi connectivity index (χ3v) is 11.6. The number of piperidine rings is 2. The molecule has 2 unspecified atom stereocenters. The zero-order chi connectivity index (χ0) is 32.2. The highest BCUT2D eigenvalue weighted by atomic mass is 32.2. The van der Waals surface area contributed by atoms with Crippen LogP contribution in [0.25, 0.3) is 0 Å². The van der Waals surface area contributed by atoms with Crippen LogP contribution in [0.4, 0.5) is 4.39 Å². The van der Waals surface area contributed by atoms with E-state index in [1.165, 1.54) is 27.0 Å². The monoisotopic (exact) mass is 656 g/mol. The molecular formula is C33H37FN2O7S2. The number of halogens is 1. The van der Waals surface area contributed by atoms with Crippen LogP contribution < -0.4 is 0 Å². The third kappa shape index (κ3) is 8.23. The number of carbonyl (C=O) groups excluding carboxylic acids is 2. The van der Waals surface area contributed by atoms with Gasteiger partial charge in [-0.15, -0.1) is 0 Å². The normalized spacial score (nSPS) is 20.0. The lowest BCUT2D eigenvalue weighted by molar-refractivity contribution is -0.158. The average Bonchev–Trinajstić information content (AvgIpc) is 3.01. The molecule has 9 nitrogen and oxygen atoms in total. The van der Waals surface area contributed by atoms with E-state index in [2.05, 4.69) is 0 Å². The summed E-state index contributed by atoms with van der Waals surface area (Å²) in [5, 5.41) is 0. The Balaban J connectivity index is 1.21. The van der Waals surface area contributed by atoms with Gasteiger partial charge in [0.05, 0.1) is 30.0 Å². The van der Waals surface area contributed by atoms with Gasteiger partial charge in [-0.2, -0.15) is 4.31 Å². The number of rotatable bonds is 9. The van der Waals surface area contributed by atoms with Gasteiger partial charge >= 0.3 is 11.9 Å². The van der Waals surface area contributed by atoms with Gasteiger partial charge in [0.2, 0.25) is 20.0 Å². The van der Waals surface area contributed by atoms with Crippen molar-refractivity contribution in [3.8, 4) is 0 Å². The van der Waals surface area contributed by atoms with E-state index < -0.39 is 43.8 Å². The van der Waals surface area contributed by atoms with Crippen molar-refractivity contribution < 1.29 is 35.6 Å². The quantitative estimate of drug-likeness (QED) is 0.241. The molecule has 240 valence electrons. The Morgan fingerprint density at radius 3 is 2.07 bits per heavy atom. The van der Waals surface area contributed by atoms with Crippen LogP contribution in [0.1, 0.15) is 66.3 Å². The van der Waals surface area contributed by atoms with Crippen LogP contribution in [0.2, 0.25) is 0 Å². The van der Waals surface area contributed by atoms with Crippen LogP contribution in [0.3, 0.4) is 0 Å². The molecule has 2 saturated heterocycles. The molecule has 2 atom stereocenters. The fraction of sp³-hybridized carbons (Fsp3) is 0.394. The van der Waals surface area contributed by atoms with Gasteiger partial charge < -0.3 is 4.74 Å². The summed E-state index contributed by atoms with van der Waals surface area (Å²) in [7, 11) is -7.16. The Hall–Kier alpha value is -3.45. The molecule has 0 bridgehead atoms. The molecule has 2 fully saturated rings. The van der Waals surface area contributed by atoms with E-state index in [9.17, 15) is 30.8 Å². The summed E-state index contributed by atoms with van der Waals surface area (Å²) in [6.45, 7) is 1.21. The molecule has 0 saturated carbocycles. The molecule has 0 aliphatic carbocycles. The molecule has 45 heavy (non-hydrogen) atoms. The molecule has 0 radical (unpaired) electrons. The topological polar surface area (TPSA) is 118 Å². The van der Waals surface area contributed by atoms with Crippen molar-refractivity contribution in [1.82, 2.24) is 8.61 Å². The van der Waals surface area contributed by atoms with Crippen LogP contribution >= 0.6 is 0 Å². The lowest BCUT2D eigenvalue weighted by Gasteiger charge is -2.35. The van der Waals surface area contributed by atoms with Gasteiger partial charge in [-0.25, -0.2) is 25.5 Å². The fourth-order valence-electron chi connectivity index (χ4n) is 6.18. The summed E-state index contributed by atoms with van der Waals surface area (Å²) in [6.07, 6.45) is 4.66. The summed E-state index contributed by atoms with van der Waals surface area (Å²) in [5.41, 5.74) is 2.93. The number of nitrogens with zero attached hydrogens (tertiary/aromatic N) is 2. The maximum Gasteiger partial charge on any atom is 0.317 e. The molecule has 2 aliphatic heterocycles. The summed E-state index contributed by atoms with van der Waals surface area (Å²) in [6, 6.07) is 18.7. The van der Waals surface area contributed by atoms with Crippen molar-refractivity contribution in [2.45, 2.75) is 61.8 Å². The first-order chi connectivity index (χ1) is 21.4. The Kier molecular flexibility index (Phi) is 10.2. The molecule has 3 aromatic carbocycles. The summed E-state index contributed by atoms with van der Waals surface area (Å²) < 4.78 is 72.4. The Morgan fingerprint density at radius 1 is 0.800 bits per heavy atom. The summed E-state index contributed by atoms with van der Waals surface area (Å²) >= 11 is 0. The fourth-order valence-corrected chi connectivity index (χ4v) is 8.78. The van der Waals surface area contributed by atoms with E-state index in [0.29, 0.717) is 43.6 Å². The van der Waals surface area contributed by atoms with E-state index in [1.807, 2.05) is 24.3 Å². The zero-order valence-corrected chi connectivity index (χ0v) is 26.7. The highest BCUT2D eigenvalue weighted by molar-refractivity contribution is 7.89. The van der Waals surface area contributed by atoms with Crippen LogP contribution in [0, 0.1) is 5.82 Å². The van der Waals surface area contributed by atoms with E-state index in [4.69, 9.17) is 4.74 Å². The van der Waals surface area contributed by atoms with Gasteiger partial charge in [0.25, 0.3) is 0 Å². The number of esters is 2. The number of carbonyl (C=O) groups is 2. The van der Waals surface area contributed by atoms with Crippen LogP contribution in [-0.2, 0) is 47.2 Å². The minimum absolute atomic E-state index is 0.0177. The van der Waals surface area contributed by atoms with Gasteiger partial charge in [0, 0.05) is 19.6 Å². The standard InChI is InChI=1S/C33H37FN2O7S2/c1-44(39,40)35-17-6-11-28(23-35)26-9-4-7-24(19-26)21-32(37)43-33(38)22-25-8-5-10-27(20-25)31-12-2-3-18-36(31)45(41,42)30-15-13-29(34)14-16-30/h4-5,7-10,13-16,19-20,28,31H,2-3,6,11-12,17-18,21-23H2,1H3. The number of hydrogen-bond acceptors (Lipinski definition) is 7. The first-order valence-corrected chi connectivity index (χ1v) is 18.3. The van der Waals surface area contributed by atoms with Crippen LogP contribution in [0.5, 0.6) is 0 Å². The van der Waals surface area contributed by atoms with Crippen LogP contribution in [-0.4, -0.2) is 63.3 Å². The Bertz CT molecular complexity index is 1760. The van der Waals surface area contributed by atoms with Crippen molar-refractivity contribution in [3.05, 3.63) is 101 Å². The predicted octanol–water partition coefficient (Wildman–Crippen LogP) is 4.74. The number of ether oxygens (including phenoxy) is 1. The molecule has 0 spiro atoms. The van der Waals surface area contributed by atoms with Crippen molar-refractivity contribution in [3.63, 3.8) is 0 Å². The molecule has 2 heterocycles. The SMILES string of the molecule is CS(=O)(=O)N1CCCC(c2cccc(CC(=O)OC(=O)Cc3cccc(C4CCCCN4S(=O)(=O)c4ccc(F)cc4)c3)c2)C1. The van der Waals surface area contributed by atoms with Gasteiger partial charge in [0.15, 0.2) is 0 Å². The largest absolute Gasteiger partial charge is 0.393 e.